The van der Waals surface area contributed by atoms with Gasteiger partial charge in [0.15, 0.2) is 0 Å². The third-order valence-corrected chi connectivity index (χ3v) is 5.97. The van der Waals surface area contributed by atoms with Crippen molar-refractivity contribution in [2.45, 2.75) is 45.6 Å². The van der Waals surface area contributed by atoms with E-state index >= 15 is 0 Å². The number of benzene rings is 1. The van der Waals surface area contributed by atoms with Gasteiger partial charge in [0.25, 0.3) is 0 Å². The maximum Gasteiger partial charge on any atom is 0.224 e. The summed E-state index contributed by atoms with van der Waals surface area (Å²) in [6, 6.07) is 5.58. The highest BCUT2D eigenvalue weighted by Crippen LogP contribution is 2.27. The van der Waals surface area contributed by atoms with E-state index in [0.717, 1.165) is 41.9 Å². The second-order valence-electron chi connectivity index (χ2n) is 6.94. The molecule has 0 saturated heterocycles. The highest BCUT2D eigenvalue weighted by molar-refractivity contribution is 6.42. The number of amides is 1. The van der Waals surface area contributed by atoms with Gasteiger partial charge in [0.05, 0.1) is 27.8 Å². The molecule has 1 amide bonds. The Morgan fingerprint density at radius 1 is 1.31 bits per heavy atom. The lowest BCUT2D eigenvalue weighted by atomic mass is 10.0. The van der Waals surface area contributed by atoms with E-state index in [1.165, 1.54) is 0 Å². The van der Waals surface area contributed by atoms with Gasteiger partial charge in [-0.25, -0.2) is 4.68 Å². The summed E-state index contributed by atoms with van der Waals surface area (Å²) >= 11 is 12.1. The predicted octanol–water partition coefficient (Wildman–Crippen LogP) is 3.58. The van der Waals surface area contributed by atoms with Crippen LogP contribution in [0.25, 0.3) is 5.69 Å². The van der Waals surface area contributed by atoms with Crippen LogP contribution in [0.1, 0.15) is 36.2 Å². The average Bonchev–Trinajstić information content (AvgIpc) is 3.16. The second-order valence-corrected chi connectivity index (χ2v) is 7.75. The van der Waals surface area contributed by atoms with Crippen molar-refractivity contribution in [1.29, 1.82) is 0 Å². The van der Waals surface area contributed by atoms with Crippen molar-refractivity contribution in [3.05, 3.63) is 45.2 Å². The van der Waals surface area contributed by atoms with Crippen LogP contribution in [0, 0.1) is 19.8 Å². The topological polar surface area (TPSA) is 72.9 Å². The van der Waals surface area contributed by atoms with Crippen LogP contribution in [0.4, 0.5) is 0 Å². The van der Waals surface area contributed by atoms with Crippen LogP contribution in [-0.4, -0.2) is 28.3 Å². The Labute approximate surface area is 163 Å². The predicted molar refractivity (Wildman–Crippen MR) is 105 cm³/mol. The summed E-state index contributed by atoms with van der Waals surface area (Å²) in [5, 5.41) is 8.72. The second kappa shape index (κ2) is 7.99. The van der Waals surface area contributed by atoms with Crippen LogP contribution in [-0.2, 0) is 11.2 Å². The van der Waals surface area contributed by atoms with Gasteiger partial charge in [-0.05, 0) is 57.4 Å². The first-order chi connectivity index (χ1) is 12.4. The van der Waals surface area contributed by atoms with Crippen molar-refractivity contribution in [3.8, 4) is 5.69 Å². The summed E-state index contributed by atoms with van der Waals surface area (Å²) in [4.78, 5) is 12.6. The highest BCUT2D eigenvalue weighted by Gasteiger charge is 2.28. The lowest BCUT2D eigenvalue weighted by Crippen LogP contribution is -2.40. The molecule has 0 aliphatic heterocycles. The average molecular weight is 395 g/mol. The summed E-state index contributed by atoms with van der Waals surface area (Å²) in [7, 11) is 0. The van der Waals surface area contributed by atoms with E-state index in [1.807, 2.05) is 19.9 Å². The van der Waals surface area contributed by atoms with Gasteiger partial charge < -0.3 is 11.1 Å². The van der Waals surface area contributed by atoms with Crippen molar-refractivity contribution in [3.63, 3.8) is 0 Å². The van der Waals surface area contributed by atoms with Crippen LogP contribution in [0.15, 0.2) is 18.2 Å². The molecule has 26 heavy (non-hydrogen) atoms. The first-order valence-electron chi connectivity index (χ1n) is 8.90. The number of rotatable bonds is 5. The van der Waals surface area contributed by atoms with Crippen LogP contribution in [0.5, 0.6) is 0 Å². The number of halogens is 2. The third-order valence-electron chi connectivity index (χ3n) is 5.23. The lowest BCUT2D eigenvalue weighted by Gasteiger charge is -2.19. The van der Waals surface area contributed by atoms with E-state index < -0.39 is 0 Å². The van der Waals surface area contributed by atoms with Gasteiger partial charge in [-0.3, -0.25) is 4.79 Å². The van der Waals surface area contributed by atoms with Crippen molar-refractivity contribution in [2.75, 3.05) is 6.54 Å². The van der Waals surface area contributed by atoms with Crippen molar-refractivity contribution >= 4 is 29.1 Å². The Kier molecular flexibility index (Phi) is 5.90. The molecule has 1 heterocycles. The van der Waals surface area contributed by atoms with Gasteiger partial charge in [-0.2, -0.15) is 5.10 Å². The molecule has 1 aromatic heterocycles. The summed E-state index contributed by atoms with van der Waals surface area (Å²) in [5.74, 6) is 0.412. The number of nitrogens with two attached hydrogens (primary N) is 1. The molecule has 7 heteroatoms. The number of aromatic nitrogens is 2. The standard InChI is InChI=1S/C19H24Cl2N4O/c1-11-15(9-19(26)23-18-5-3-4-13(18)10-22)12(2)25(24-11)14-6-7-16(20)17(21)8-14/h6-8,13,18H,3-5,9-10,22H2,1-2H3,(H,23,26). The lowest BCUT2D eigenvalue weighted by molar-refractivity contribution is -0.121. The Bertz CT molecular complexity index is 818. The van der Waals surface area contributed by atoms with Crippen LogP contribution in [0.3, 0.4) is 0 Å². The number of carbonyl (C=O) groups is 1. The Balaban J connectivity index is 1.77. The molecule has 5 nitrogen and oxygen atoms in total. The third kappa shape index (κ3) is 3.90. The van der Waals surface area contributed by atoms with E-state index in [9.17, 15) is 4.79 Å². The molecule has 1 fully saturated rings. The van der Waals surface area contributed by atoms with Crippen molar-refractivity contribution < 1.29 is 4.79 Å². The highest BCUT2D eigenvalue weighted by atomic mass is 35.5. The van der Waals surface area contributed by atoms with E-state index in [-0.39, 0.29) is 11.9 Å². The molecule has 1 aliphatic carbocycles. The molecule has 1 aromatic carbocycles. The summed E-state index contributed by atoms with van der Waals surface area (Å²) in [6.07, 6.45) is 3.54. The minimum absolute atomic E-state index is 0.0234. The quantitative estimate of drug-likeness (QED) is 0.813. The molecule has 3 rings (SSSR count). The Morgan fingerprint density at radius 2 is 2.08 bits per heavy atom. The fraction of sp³-hybridized carbons (Fsp3) is 0.474. The summed E-state index contributed by atoms with van der Waals surface area (Å²) in [6.45, 7) is 4.50. The maximum atomic E-state index is 12.6. The minimum atomic E-state index is 0.0234. The molecule has 1 saturated carbocycles. The van der Waals surface area contributed by atoms with Gasteiger partial charge >= 0.3 is 0 Å². The molecule has 0 radical (unpaired) electrons. The number of aryl methyl sites for hydroxylation is 1. The molecule has 3 N–H and O–H groups in total. The number of carbonyl (C=O) groups excluding carboxylic acids is 1. The fourth-order valence-electron chi connectivity index (χ4n) is 3.73. The zero-order valence-corrected chi connectivity index (χ0v) is 16.6. The van der Waals surface area contributed by atoms with E-state index in [2.05, 4.69) is 10.4 Å². The smallest absolute Gasteiger partial charge is 0.224 e. The molecule has 2 aromatic rings. The monoisotopic (exact) mass is 394 g/mol. The first kappa shape index (κ1) is 19.2. The molecule has 140 valence electrons. The summed E-state index contributed by atoms with van der Waals surface area (Å²) in [5.41, 5.74) is 9.34. The molecule has 0 spiro atoms. The Hall–Kier alpha value is -1.56. The number of nitrogens with zero attached hydrogens (tertiary/aromatic N) is 2. The van der Waals surface area contributed by atoms with E-state index in [1.54, 1.807) is 16.8 Å². The molecule has 0 bridgehead atoms. The van der Waals surface area contributed by atoms with Crippen molar-refractivity contribution in [1.82, 2.24) is 15.1 Å². The number of hydrogen-bond donors (Lipinski definition) is 2. The zero-order valence-electron chi connectivity index (χ0n) is 15.1. The van der Waals surface area contributed by atoms with Gasteiger partial charge in [0.1, 0.15) is 0 Å². The van der Waals surface area contributed by atoms with Gasteiger partial charge in [-0.15, -0.1) is 0 Å². The zero-order chi connectivity index (χ0) is 18.8. The largest absolute Gasteiger partial charge is 0.353 e. The first-order valence-corrected chi connectivity index (χ1v) is 9.66. The normalized spacial score (nSPS) is 19.7. The molecular formula is C19H24Cl2N4O. The van der Waals surface area contributed by atoms with E-state index in [0.29, 0.717) is 28.9 Å². The van der Waals surface area contributed by atoms with Gasteiger partial charge in [-0.1, -0.05) is 29.6 Å². The number of nitrogens with one attached hydrogen (secondary N) is 1. The molecule has 2 unspecified atom stereocenters. The van der Waals surface area contributed by atoms with Crippen LogP contribution < -0.4 is 11.1 Å². The molecule has 2 atom stereocenters. The maximum absolute atomic E-state index is 12.6. The van der Waals surface area contributed by atoms with Gasteiger partial charge in [0.2, 0.25) is 5.91 Å². The molecule has 1 aliphatic rings. The van der Waals surface area contributed by atoms with E-state index in [4.69, 9.17) is 28.9 Å². The van der Waals surface area contributed by atoms with Crippen molar-refractivity contribution in [2.24, 2.45) is 11.7 Å². The fourth-order valence-corrected chi connectivity index (χ4v) is 4.02. The number of hydrogen-bond acceptors (Lipinski definition) is 3. The van der Waals surface area contributed by atoms with Crippen LogP contribution >= 0.6 is 23.2 Å². The van der Waals surface area contributed by atoms with Gasteiger partial charge in [0, 0.05) is 17.3 Å². The summed E-state index contributed by atoms with van der Waals surface area (Å²) < 4.78 is 1.80. The molecular weight excluding hydrogens is 371 g/mol. The van der Waals surface area contributed by atoms with Crippen LogP contribution in [0.2, 0.25) is 10.0 Å². The minimum Gasteiger partial charge on any atom is -0.353 e. The SMILES string of the molecule is Cc1nn(-c2ccc(Cl)c(Cl)c2)c(C)c1CC(=O)NC1CCCC1CN. The Morgan fingerprint density at radius 3 is 2.77 bits per heavy atom.